The molecule has 0 atom stereocenters. The van der Waals surface area contributed by atoms with E-state index in [1.54, 1.807) is 0 Å². The number of nitrogens with zero attached hydrogens (tertiary/aromatic N) is 1. The number of furan rings is 1. The van der Waals surface area contributed by atoms with E-state index in [0.29, 0.717) is 0 Å². The highest BCUT2D eigenvalue weighted by atomic mass is 32.1. The molecule has 0 N–H and O–H groups in total. The van der Waals surface area contributed by atoms with Crippen LogP contribution >= 0.6 is 11.3 Å². The van der Waals surface area contributed by atoms with E-state index < -0.39 is 0 Å². The molecule has 0 saturated carbocycles. The van der Waals surface area contributed by atoms with E-state index in [2.05, 4.69) is 108 Å². The van der Waals surface area contributed by atoms with E-state index in [4.69, 9.17) is 4.42 Å². The van der Waals surface area contributed by atoms with Crippen LogP contribution in [0.5, 0.6) is 0 Å². The maximum absolute atomic E-state index is 6.17. The van der Waals surface area contributed by atoms with Crippen LogP contribution in [-0.2, 0) is 0 Å². The Kier molecular flexibility index (Phi) is 4.05. The standard InChI is InChI=1S/C30H19NOS/c1-3-10-20(11-4-1)31(21-12-5-2-6-13-21)25-16-9-15-22-23-18-19-27-28(30(23)33-29(22)25)24-14-7-8-17-26(24)32-27/h1-19H. The average Bonchev–Trinajstić information content (AvgIpc) is 3.44. The molecule has 7 aromatic rings. The van der Waals surface area contributed by atoms with Gasteiger partial charge in [-0.05, 0) is 48.5 Å². The van der Waals surface area contributed by atoms with E-state index >= 15 is 0 Å². The topological polar surface area (TPSA) is 16.4 Å². The molecule has 3 heteroatoms. The highest BCUT2D eigenvalue weighted by Crippen LogP contribution is 2.47. The fourth-order valence-corrected chi connectivity index (χ4v) is 6.16. The predicted octanol–water partition coefficient (Wildman–Crippen LogP) is 9.42. The molecule has 0 aliphatic rings. The Morgan fingerprint density at radius 2 is 1.12 bits per heavy atom. The summed E-state index contributed by atoms with van der Waals surface area (Å²) in [5.74, 6) is 0. The van der Waals surface area contributed by atoms with Gasteiger partial charge in [0, 0.05) is 37.6 Å². The number of para-hydroxylation sites is 3. The molecule has 33 heavy (non-hydrogen) atoms. The van der Waals surface area contributed by atoms with Crippen molar-refractivity contribution in [3.05, 3.63) is 115 Å². The highest BCUT2D eigenvalue weighted by molar-refractivity contribution is 7.27. The predicted molar refractivity (Wildman–Crippen MR) is 141 cm³/mol. The second-order valence-corrected chi connectivity index (χ2v) is 9.20. The second-order valence-electron chi connectivity index (χ2n) is 8.18. The second kappa shape index (κ2) is 7.22. The third-order valence-electron chi connectivity index (χ3n) is 6.25. The monoisotopic (exact) mass is 441 g/mol. The van der Waals surface area contributed by atoms with Crippen LogP contribution in [0.4, 0.5) is 17.1 Å². The number of hydrogen-bond acceptors (Lipinski definition) is 3. The van der Waals surface area contributed by atoms with E-state index in [1.807, 2.05) is 23.5 Å². The SMILES string of the molecule is c1ccc(N(c2ccccc2)c2cccc3c2sc2c3ccc3oc4ccccc4c32)cc1. The summed E-state index contributed by atoms with van der Waals surface area (Å²) in [6.07, 6.45) is 0. The van der Waals surface area contributed by atoms with Crippen LogP contribution < -0.4 is 4.90 Å². The van der Waals surface area contributed by atoms with Crippen molar-refractivity contribution in [1.82, 2.24) is 0 Å². The molecule has 2 aromatic heterocycles. The minimum Gasteiger partial charge on any atom is -0.456 e. The summed E-state index contributed by atoms with van der Waals surface area (Å²) in [5.41, 5.74) is 5.36. The van der Waals surface area contributed by atoms with Crippen molar-refractivity contribution in [2.24, 2.45) is 0 Å². The first-order chi connectivity index (χ1) is 16.4. The molecule has 0 amide bonds. The Hall–Kier alpha value is -4.08. The molecular weight excluding hydrogens is 422 g/mol. The number of fused-ring (bicyclic) bond motifs is 7. The molecule has 2 nitrogen and oxygen atoms in total. The van der Waals surface area contributed by atoms with Gasteiger partial charge in [0.05, 0.1) is 10.4 Å². The van der Waals surface area contributed by atoms with Gasteiger partial charge in [0.25, 0.3) is 0 Å². The largest absolute Gasteiger partial charge is 0.456 e. The molecule has 0 fully saturated rings. The summed E-state index contributed by atoms with van der Waals surface area (Å²) in [5, 5.41) is 4.93. The first-order valence-electron chi connectivity index (χ1n) is 11.0. The van der Waals surface area contributed by atoms with Crippen molar-refractivity contribution in [3.63, 3.8) is 0 Å². The van der Waals surface area contributed by atoms with Crippen molar-refractivity contribution >= 4 is 70.5 Å². The van der Waals surface area contributed by atoms with Gasteiger partial charge in [0.15, 0.2) is 0 Å². The lowest BCUT2D eigenvalue weighted by Crippen LogP contribution is -2.09. The first kappa shape index (κ1) is 18.5. The van der Waals surface area contributed by atoms with Gasteiger partial charge in [0.2, 0.25) is 0 Å². The van der Waals surface area contributed by atoms with Crippen LogP contribution in [0.25, 0.3) is 42.1 Å². The Bertz CT molecular complexity index is 1720. The number of benzene rings is 5. The Labute approximate surface area is 194 Å². The molecule has 0 radical (unpaired) electrons. The third-order valence-corrected chi connectivity index (χ3v) is 7.52. The molecule has 0 bridgehead atoms. The number of rotatable bonds is 3. The summed E-state index contributed by atoms with van der Waals surface area (Å²) >= 11 is 1.85. The lowest BCUT2D eigenvalue weighted by Gasteiger charge is -2.25. The zero-order valence-corrected chi connectivity index (χ0v) is 18.5. The Morgan fingerprint density at radius 1 is 0.485 bits per heavy atom. The first-order valence-corrected chi connectivity index (χ1v) is 11.9. The molecule has 156 valence electrons. The molecule has 0 unspecified atom stereocenters. The maximum Gasteiger partial charge on any atom is 0.136 e. The third kappa shape index (κ3) is 2.80. The van der Waals surface area contributed by atoms with E-state index in [0.717, 1.165) is 22.5 Å². The fourth-order valence-electron chi connectivity index (χ4n) is 4.81. The van der Waals surface area contributed by atoms with Gasteiger partial charge >= 0.3 is 0 Å². The number of hydrogen-bond donors (Lipinski definition) is 0. The highest BCUT2D eigenvalue weighted by Gasteiger charge is 2.19. The van der Waals surface area contributed by atoms with Gasteiger partial charge < -0.3 is 9.32 Å². The van der Waals surface area contributed by atoms with Gasteiger partial charge in [-0.1, -0.05) is 66.7 Å². The van der Waals surface area contributed by atoms with E-state index in [-0.39, 0.29) is 0 Å². The molecule has 0 spiro atoms. The minimum atomic E-state index is 0.938. The van der Waals surface area contributed by atoms with Crippen LogP contribution in [0.2, 0.25) is 0 Å². The summed E-state index contributed by atoms with van der Waals surface area (Å²) in [6, 6.07) is 40.4. The van der Waals surface area contributed by atoms with Crippen molar-refractivity contribution in [3.8, 4) is 0 Å². The Morgan fingerprint density at radius 3 is 1.88 bits per heavy atom. The summed E-state index contributed by atoms with van der Waals surface area (Å²) in [4.78, 5) is 2.35. The quantitative estimate of drug-likeness (QED) is 0.271. The van der Waals surface area contributed by atoms with Crippen LogP contribution in [-0.4, -0.2) is 0 Å². The lowest BCUT2D eigenvalue weighted by atomic mass is 10.1. The Balaban J connectivity index is 1.58. The summed E-state index contributed by atoms with van der Waals surface area (Å²) in [6.45, 7) is 0. The molecule has 0 aliphatic carbocycles. The zero-order valence-electron chi connectivity index (χ0n) is 17.7. The molecule has 0 aliphatic heterocycles. The summed E-state index contributed by atoms with van der Waals surface area (Å²) < 4.78 is 8.72. The van der Waals surface area contributed by atoms with E-state index in [9.17, 15) is 0 Å². The fraction of sp³-hybridized carbons (Fsp3) is 0. The molecule has 0 saturated heterocycles. The molecular formula is C30H19NOS. The minimum absolute atomic E-state index is 0.938. The number of thiophene rings is 1. The van der Waals surface area contributed by atoms with Gasteiger partial charge in [-0.25, -0.2) is 0 Å². The molecule has 2 heterocycles. The van der Waals surface area contributed by atoms with Crippen molar-refractivity contribution in [2.45, 2.75) is 0 Å². The maximum atomic E-state index is 6.17. The molecule has 5 aromatic carbocycles. The van der Waals surface area contributed by atoms with Crippen LogP contribution in [0.1, 0.15) is 0 Å². The van der Waals surface area contributed by atoms with Gasteiger partial charge in [-0.3, -0.25) is 0 Å². The molecule has 7 rings (SSSR count). The summed E-state index contributed by atoms with van der Waals surface area (Å²) in [7, 11) is 0. The van der Waals surface area contributed by atoms with Crippen LogP contribution in [0, 0.1) is 0 Å². The smallest absolute Gasteiger partial charge is 0.136 e. The van der Waals surface area contributed by atoms with Gasteiger partial charge in [-0.2, -0.15) is 0 Å². The van der Waals surface area contributed by atoms with Crippen LogP contribution in [0.3, 0.4) is 0 Å². The normalized spacial score (nSPS) is 11.6. The van der Waals surface area contributed by atoms with Gasteiger partial charge in [-0.15, -0.1) is 11.3 Å². The van der Waals surface area contributed by atoms with Gasteiger partial charge in [0.1, 0.15) is 11.2 Å². The average molecular weight is 442 g/mol. The van der Waals surface area contributed by atoms with Crippen LogP contribution in [0.15, 0.2) is 120 Å². The van der Waals surface area contributed by atoms with E-state index in [1.165, 1.54) is 36.6 Å². The lowest BCUT2D eigenvalue weighted by molar-refractivity contribution is 0.669. The van der Waals surface area contributed by atoms with Crippen molar-refractivity contribution < 1.29 is 4.42 Å². The number of anilines is 3. The zero-order chi connectivity index (χ0) is 21.8. The van der Waals surface area contributed by atoms with Crippen molar-refractivity contribution in [1.29, 1.82) is 0 Å². The van der Waals surface area contributed by atoms with Crippen molar-refractivity contribution in [2.75, 3.05) is 4.90 Å².